The van der Waals surface area contributed by atoms with Gasteiger partial charge in [0.2, 0.25) is 0 Å². The number of fused-ring (bicyclic) bond motifs is 1. The number of aromatic hydroxyl groups is 1. The Bertz CT molecular complexity index is 2010. The van der Waals surface area contributed by atoms with Crippen LogP contribution >= 0.6 is 0 Å². The second kappa shape index (κ2) is 10.9. The van der Waals surface area contributed by atoms with Gasteiger partial charge in [-0.1, -0.05) is 29.8 Å². The molecule has 0 spiro atoms. The van der Waals surface area contributed by atoms with Crippen molar-refractivity contribution in [2.75, 3.05) is 12.0 Å². The van der Waals surface area contributed by atoms with Crippen molar-refractivity contribution < 1.29 is 19.6 Å². The van der Waals surface area contributed by atoms with Crippen LogP contribution in [0.15, 0.2) is 89.7 Å². The van der Waals surface area contributed by atoms with E-state index in [1.165, 1.54) is 28.8 Å². The number of carbonyl (C=O) groups excluding carboxylic acids is 1. The van der Waals surface area contributed by atoms with Crippen molar-refractivity contribution in [2.45, 2.75) is 27.3 Å². The standard InChI is InChI=1S/C35H29N3O6/c1-20-8-17-29(39)27(18-20)31-28-19-36(32-21(2)6-5-7-22(32)3)35(41)33(28)37(24-13-15-26(44-4)16-14-24)34(40)30(31)23-9-11-25(12-10-23)38(42)43/h5-18,39H,19H2,1-4H3. The fourth-order valence-corrected chi connectivity index (χ4v) is 6.02. The van der Waals surface area contributed by atoms with Crippen LogP contribution in [-0.4, -0.2) is 27.6 Å². The number of phenols is 1. The minimum absolute atomic E-state index is 0.0551. The smallest absolute Gasteiger partial charge is 0.276 e. The second-order valence-corrected chi connectivity index (χ2v) is 10.9. The Balaban J connectivity index is 1.75. The summed E-state index contributed by atoms with van der Waals surface area (Å²) in [6, 6.07) is 23.5. The molecule has 0 fully saturated rings. The average Bonchev–Trinajstić information content (AvgIpc) is 3.34. The minimum Gasteiger partial charge on any atom is -0.507 e. The molecule has 0 bridgehead atoms. The van der Waals surface area contributed by atoms with Crippen molar-refractivity contribution >= 4 is 17.3 Å². The molecule has 9 nitrogen and oxygen atoms in total. The average molecular weight is 588 g/mol. The molecule has 0 saturated heterocycles. The third-order valence-electron chi connectivity index (χ3n) is 8.07. The summed E-state index contributed by atoms with van der Waals surface area (Å²) < 4.78 is 6.73. The Morgan fingerprint density at radius 1 is 0.864 bits per heavy atom. The van der Waals surface area contributed by atoms with Crippen LogP contribution in [0.25, 0.3) is 27.9 Å². The zero-order valence-electron chi connectivity index (χ0n) is 24.6. The molecule has 0 saturated carbocycles. The predicted octanol–water partition coefficient (Wildman–Crippen LogP) is 6.88. The first-order chi connectivity index (χ1) is 21.1. The van der Waals surface area contributed by atoms with Gasteiger partial charge in [0, 0.05) is 34.5 Å². The Labute approximate surface area is 253 Å². The van der Waals surface area contributed by atoms with Gasteiger partial charge in [-0.2, -0.15) is 0 Å². The van der Waals surface area contributed by atoms with E-state index in [1.807, 2.05) is 39.0 Å². The van der Waals surface area contributed by atoms with E-state index in [2.05, 4.69) is 0 Å². The highest BCUT2D eigenvalue weighted by atomic mass is 16.6. The molecule has 0 unspecified atom stereocenters. The van der Waals surface area contributed by atoms with Gasteiger partial charge >= 0.3 is 0 Å². The van der Waals surface area contributed by atoms with E-state index in [0.717, 1.165) is 22.4 Å². The molecule has 0 aliphatic carbocycles. The number of carbonyl (C=O) groups is 1. The van der Waals surface area contributed by atoms with Gasteiger partial charge in [-0.25, -0.2) is 0 Å². The van der Waals surface area contributed by atoms with Gasteiger partial charge in [0.15, 0.2) is 0 Å². The number of anilines is 1. The van der Waals surface area contributed by atoms with Crippen LogP contribution in [0.1, 0.15) is 32.7 Å². The zero-order chi connectivity index (χ0) is 31.3. The number of nitro benzene ring substituents is 1. The number of benzene rings is 4. The van der Waals surface area contributed by atoms with Crippen molar-refractivity contribution in [3.63, 3.8) is 0 Å². The first kappa shape index (κ1) is 28.4. The molecule has 6 rings (SSSR count). The third kappa shape index (κ3) is 4.59. The number of phenolic OH excluding ortho intramolecular Hbond substituents is 1. The number of nitrogens with zero attached hydrogens (tertiary/aromatic N) is 3. The van der Waals surface area contributed by atoms with Crippen LogP contribution in [-0.2, 0) is 6.54 Å². The van der Waals surface area contributed by atoms with Gasteiger partial charge < -0.3 is 14.7 Å². The summed E-state index contributed by atoms with van der Waals surface area (Å²) in [5, 5.41) is 22.6. The summed E-state index contributed by atoms with van der Waals surface area (Å²) in [5.74, 6) is 0.174. The number of rotatable bonds is 6. The number of ether oxygens (including phenoxy) is 1. The molecule has 220 valence electrons. The van der Waals surface area contributed by atoms with Gasteiger partial charge in [0.05, 0.1) is 29.8 Å². The number of para-hydroxylation sites is 1. The number of non-ortho nitro benzene ring substituents is 1. The van der Waals surface area contributed by atoms with Crippen LogP contribution in [0.4, 0.5) is 11.4 Å². The Kier molecular flexibility index (Phi) is 7.01. The molecule has 5 aromatic rings. The van der Waals surface area contributed by atoms with Crippen molar-refractivity contribution in [2.24, 2.45) is 0 Å². The molecule has 4 aromatic carbocycles. The normalized spacial score (nSPS) is 12.4. The lowest BCUT2D eigenvalue weighted by atomic mass is 9.89. The van der Waals surface area contributed by atoms with E-state index in [9.17, 15) is 24.8 Å². The van der Waals surface area contributed by atoms with E-state index in [-0.39, 0.29) is 35.1 Å². The van der Waals surface area contributed by atoms with E-state index < -0.39 is 10.5 Å². The van der Waals surface area contributed by atoms with Gasteiger partial charge in [-0.15, -0.1) is 0 Å². The number of pyridine rings is 1. The van der Waals surface area contributed by atoms with Gasteiger partial charge in [0.1, 0.15) is 17.2 Å². The maximum absolute atomic E-state index is 14.8. The number of amides is 1. The van der Waals surface area contributed by atoms with Crippen LogP contribution in [0.2, 0.25) is 0 Å². The van der Waals surface area contributed by atoms with Crippen LogP contribution in [0, 0.1) is 30.9 Å². The minimum atomic E-state index is -0.504. The van der Waals surface area contributed by atoms with Gasteiger partial charge in [-0.3, -0.25) is 24.3 Å². The number of nitro groups is 1. The van der Waals surface area contributed by atoms with Gasteiger partial charge in [-0.05, 0) is 86.0 Å². The topological polar surface area (TPSA) is 115 Å². The molecule has 2 heterocycles. The zero-order valence-corrected chi connectivity index (χ0v) is 24.6. The molecule has 1 aromatic heterocycles. The monoisotopic (exact) mass is 587 g/mol. The Morgan fingerprint density at radius 2 is 1.52 bits per heavy atom. The van der Waals surface area contributed by atoms with Crippen molar-refractivity contribution in [1.29, 1.82) is 0 Å². The largest absolute Gasteiger partial charge is 0.507 e. The lowest BCUT2D eigenvalue weighted by molar-refractivity contribution is -0.384. The SMILES string of the molecule is COc1ccc(-n2c3c(c(-c4cc(C)ccc4O)c(-c4ccc([N+](=O)[O-])cc4)c2=O)CN(c2c(C)cccc2C)C3=O)cc1. The first-order valence-corrected chi connectivity index (χ1v) is 14.0. The third-order valence-corrected chi connectivity index (χ3v) is 8.07. The molecular formula is C35H29N3O6. The number of hydrogen-bond donors (Lipinski definition) is 1. The van der Waals surface area contributed by atoms with Crippen LogP contribution in [0.5, 0.6) is 11.5 Å². The lowest BCUT2D eigenvalue weighted by Crippen LogP contribution is -2.30. The highest BCUT2D eigenvalue weighted by Crippen LogP contribution is 2.44. The second-order valence-electron chi connectivity index (χ2n) is 10.9. The highest BCUT2D eigenvalue weighted by Gasteiger charge is 2.39. The number of hydrogen-bond acceptors (Lipinski definition) is 6. The van der Waals surface area contributed by atoms with Crippen molar-refractivity contribution in [1.82, 2.24) is 4.57 Å². The van der Waals surface area contributed by atoms with Crippen molar-refractivity contribution in [3.05, 3.63) is 133 Å². The Hall–Kier alpha value is -5.70. The summed E-state index contributed by atoms with van der Waals surface area (Å²) in [4.78, 5) is 41.9. The number of methoxy groups -OCH3 is 1. The van der Waals surface area contributed by atoms with Crippen LogP contribution in [0.3, 0.4) is 0 Å². The quantitative estimate of drug-likeness (QED) is 0.171. The predicted molar refractivity (Wildman–Crippen MR) is 169 cm³/mol. The maximum atomic E-state index is 14.8. The summed E-state index contributed by atoms with van der Waals surface area (Å²) in [6.07, 6.45) is 0. The number of aromatic nitrogens is 1. The molecule has 9 heteroatoms. The molecule has 1 N–H and O–H groups in total. The van der Waals surface area contributed by atoms with Crippen LogP contribution < -0.4 is 15.2 Å². The summed E-state index contributed by atoms with van der Waals surface area (Å²) >= 11 is 0. The number of aryl methyl sites for hydroxylation is 3. The van der Waals surface area contributed by atoms with E-state index in [1.54, 1.807) is 54.5 Å². The summed E-state index contributed by atoms with van der Waals surface area (Å²) in [7, 11) is 1.54. The summed E-state index contributed by atoms with van der Waals surface area (Å²) in [6.45, 7) is 5.88. The first-order valence-electron chi connectivity index (χ1n) is 14.0. The lowest BCUT2D eigenvalue weighted by Gasteiger charge is -2.21. The molecule has 1 amide bonds. The van der Waals surface area contributed by atoms with Gasteiger partial charge in [0.25, 0.3) is 17.2 Å². The highest BCUT2D eigenvalue weighted by molar-refractivity contribution is 6.12. The fraction of sp³-hybridized carbons (Fsp3) is 0.143. The molecular weight excluding hydrogens is 558 g/mol. The fourth-order valence-electron chi connectivity index (χ4n) is 6.02. The van der Waals surface area contributed by atoms with Crippen molar-refractivity contribution in [3.8, 4) is 39.4 Å². The molecule has 0 radical (unpaired) electrons. The molecule has 1 aliphatic heterocycles. The molecule has 0 atom stereocenters. The maximum Gasteiger partial charge on any atom is 0.276 e. The van der Waals surface area contributed by atoms with E-state index in [4.69, 9.17) is 4.74 Å². The summed E-state index contributed by atoms with van der Waals surface area (Å²) in [5.41, 5.74) is 5.40. The van der Waals surface area contributed by atoms with E-state index in [0.29, 0.717) is 33.7 Å². The molecule has 1 aliphatic rings. The van der Waals surface area contributed by atoms with E-state index >= 15 is 0 Å². The molecule has 44 heavy (non-hydrogen) atoms. The Morgan fingerprint density at radius 3 is 2.14 bits per heavy atom.